The van der Waals surface area contributed by atoms with Gasteiger partial charge < -0.3 is 15.3 Å². The number of amides is 1. The zero-order valence-corrected chi connectivity index (χ0v) is 12.3. The van der Waals surface area contributed by atoms with Gasteiger partial charge in [0.2, 0.25) is 5.91 Å². The molecule has 2 bridgehead atoms. The molecule has 0 aromatic rings. The Hall–Kier alpha value is -0.610. The van der Waals surface area contributed by atoms with Gasteiger partial charge in [-0.1, -0.05) is 20.8 Å². The maximum Gasteiger partial charge on any atom is 0.229 e. The van der Waals surface area contributed by atoms with Crippen molar-refractivity contribution in [2.24, 2.45) is 16.2 Å². The third-order valence-electron chi connectivity index (χ3n) is 6.79. The zero-order chi connectivity index (χ0) is 13.9. The van der Waals surface area contributed by atoms with Gasteiger partial charge in [-0.25, -0.2) is 0 Å². The summed E-state index contributed by atoms with van der Waals surface area (Å²) in [6.45, 7) is 9.95. The van der Waals surface area contributed by atoms with Crippen LogP contribution in [0.3, 0.4) is 0 Å². The summed E-state index contributed by atoms with van der Waals surface area (Å²) in [5.41, 5.74) is -0.545. The number of aliphatic hydroxyl groups is 1. The van der Waals surface area contributed by atoms with Crippen molar-refractivity contribution in [3.05, 3.63) is 0 Å². The molecule has 1 aliphatic heterocycles. The standard InChI is InChI=1S/C15H26N2O2/c1-13(2)14(3)4-5-15(13,10-11(14)18)12(19)17-8-6-16-7-9-17/h11,16,18H,4-10H2,1-3H3/t11-,14+,15-/m0/s1. The number of hydrogen-bond acceptors (Lipinski definition) is 3. The molecule has 1 heterocycles. The van der Waals surface area contributed by atoms with E-state index in [0.29, 0.717) is 12.3 Å². The first-order valence-corrected chi connectivity index (χ1v) is 7.53. The van der Waals surface area contributed by atoms with E-state index in [1.807, 2.05) is 4.90 Å². The van der Waals surface area contributed by atoms with E-state index in [4.69, 9.17) is 0 Å². The van der Waals surface area contributed by atoms with Crippen LogP contribution in [0.25, 0.3) is 0 Å². The third-order valence-corrected chi connectivity index (χ3v) is 6.79. The molecule has 2 aliphatic carbocycles. The fraction of sp³-hybridized carbons (Fsp3) is 0.933. The van der Waals surface area contributed by atoms with Crippen LogP contribution in [-0.2, 0) is 4.79 Å². The second-order valence-electron chi connectivity index (χ2n) is 7.39. The highest BCUT2D eigenvalue weighted by Gasteiger charge is 2.72. The molecule has 3 aliphatic rings. The van der Waals surface area contributed by atoms with E-state index in [9.17, 15) is 9.90 Å². The highest BCUT2D eigenvalue weighted by Crippen LogP contribution is 2.72. The molecule has 0 spiro atoms. The Morgan fingerprint density at radius 2 is 1.84 bits per heavy atom. The lowest BCUT2D eigenvalue weighted by molar-refractivity contribution is -0.148. The number of piperazine rings is 1. The third kappa shape index (κ3) is 1.44. The van der Waals surface area contributed by atoms with Gasteiger partial charge >= 0.3 is 0 Å². The molecule has 0 unspecified atom stereocenters. The largest absolute Gasteiger partial charge is 0.393 e. The second kappa shape index (κ2) is 3.95. The van der Waals surface area contributed by atoms with Crippen LogP contribution in [0.15, 0.2) is 0 Å². The van der Waals surface area contributed by atoms with Gasteiger partial charge in [0, 0.05) is 26.2 Å². The maximum absolute atomic E-state index is 13.1. The van der Waals surface area contributed by atoms with Crippen molar-refractivity contribution < 1.29 is 9.90 Å². The van der Waals surface area contributed by atoms with E-state index in [1.165, 1.54) is 0 Å². The SMILES string of the molecule is CC1(C)[C@@]2(C(=O)N3CCNCC3)CC[C@]1(C)[C@@H](O)C2. The molecule has 19 heavy (non-hydrogen) atoms. The molecule has 1 saturated heterocycles. The Labute approximate surface area is 115 Å². The Morgan fingerprint density at radius 1 is 1.21 bits per heavy atom. The minimum atomic E-state index is -0.335. The minimum Gasteiger partial charge on any atom is -0.393 e. The Morgan fingerprint density at radius 3 is 2.32 bits per heavy atom. The molecule has 3 rings (SSSR count). The Balaban J connectivity index is 1.93. The van der Waals surface area contributed by atoms with Gasteiger partial charge in [0.05, 0.1) is 11.5 Å². The number of hydrogen-bond donors (Lipinski definition) is 2. The lowest BCUT2D eigenvalue weighted by Gasteiger charge is -2.43. The molecule has 0 aromatic heterocycles. The summed E-state index contributed by atoms with van der Waals surface area (Å²) >= 11 is 0. The fourth-order valence-corrected chi connectivity index (χ4v) is 4.77. The summed E-state index contributed by atoms with van der Waals surface area (Å²) in [7, 11) is 0. The van der Waals surface area contributed by atoms with Crippen LogP contribution >= 0.6 is 0 Å². The molecular weight excluding hydrogens is 240 g/mol. The normalized spacial score (nSPS) is 44.6. The van der Waals surface area contributed by atoms with Gasteiger partial charge in [-0.15, -0.1) is 0 Å². The van der Waals surface area contributed by atoms with Gasteiger partial charge in [-0.3, -0.25) is 4.79 Å². The Bertz CT molecular complexity index is 403. The molecule has 3 fully saturated rings. The number of carbonyl (C=O) groups is 1. The Kier molecular flexibility index (Phi) is 2.78. The summed E-state index contributed by atoms with van der Waals surface area (Å²) in [5, 5.41) is 13.7. The lowest BCUT2D eigenvalue weighted by Crippen LogP contribution is -2.54. The average Bonchev–Trinajstić information content (AvgIpc) is 2.69. The van der Waals surface area contributed by atoms with E-state index < -0.39 is 0 Å². The summed E-state index contributed by atoms with van der Waals surface area (Å²) in [5.74, 6) is 0.291. The highest BCUT2D eigenvalue weighted by atomic mass is 16.3. The summed E-state index contributed by atoms with van der Waals surface area (Å²) < 4.78 is 0. The number of rotatable bonds is 1. The first kappa shape index (κ1) is 13.4. The van der Waals surface area contributed by atoms with Crippen molar-refractivity contribution >= 4 is 5.91 Å². The van der Waals surface area contributed by atoms with Crippen LogP contribution in [0.1, 0.15) is 40.0 Å². The van der Waals surface area contributed by atoms with Crippen LogP contribution in [0.2, 0.25) is 0 Å². The predicted octanol–water partition coefficient (Wildman–Crippen LogP) is 0.995. The average molecular weight is 266 g/mol. The molecule has 4 heteroatoms. The molecule has 0 aromatic carbocycles. The van der Waals surface area contributed by atoms with E-state index >= 15 is 0 Å². The van der Waals surface area contributed by atoms with Crippen LogP contribution in [0.4, 0.5) is 0 Å². The quantitative estimate of drug-likeness (QED) is 0.744. The van der Waals surface area contributed by atoms with Crippen molar-refractivity contribution in [1.82, 2.24) is 10.2 Å². The number of fused-ring (bicyclic) bond motifs is 2. The van der Waals surface area contributed by atoms with Crippen LogP contribution in [-0.4, -0.2) is 48.2 Å². The van der Waals surface area contributed by atoms with E-state index in [-0.39, 0.29) is 22.3 Å². The predicted molar refractivity (Wildman–Crippen MR) is 73.6 cm³/mol. The van der Waals surface area contributed by atoms with Crippen molar-refractivity contribution in [3.63, 3.8) is 0 Å². The molecule has 1 amide bonds. The van der Waals surface area contributed by atoms with Gasteiger partial charge in [-0.2, -0.15) is 0 Å². The van der Waals surface area contributed by atoms with E-state index in [1.54, 1.807) is 0 Å². The monoisotopic (exact) mass is 266 g/mol. The minimum absolute atomic E-state index is 0.100. The number of aliphatic hydroxyl groups excluding tert-OH is 1. The number of nitrogens with zero attached hydrogens (tertiary/aromatic N) is 1. The lowest BCUT2D eigenvalue weighted by atomic mass is 9.64. The molecule has 108 valence electrons. The van der Waals surface area contributed by atoms with Gasteiger partial charge in [-0.05, 0) is 30.1 Å². The van der Waals surface area contributed by atoms with Crippen LogP contribution in [0.5, 0.6) is 0 Å². The summed E-state index contributed by atoms with van der Waals surface area (Å²) in [4.78, 5) is 15.1. The maximum atomic E-state index is 13.1. The molecular formula is C15H26N2O2. The summed E-state index contributed by atoms with van der Waals surface area (Å²) in [6, 6.07) is 0. The first-order chi connectivity index (χ1) is 8.85. The zero-order valence-electron chi connectivity index (χ0n) is 12.3. The molecule has 3 atom stereocenters. The van der Waals surface area contributed by atoms with E-state index in [0.717, 1.165) is 39.0 Å². The van der Waals surface area contributed by atoms with Crippen molar-refractivity contribution in [2.45, 2.75) is 46.1 Å². The molecule has 0 radical (unpaired) electrons. The van der Waals surface area contributed by atoms with Crippen molar-refractivity contribution in [1.29, 1.82) is 0 Å². The number of carbonyl (C=O) groups excluding carboxylic acids is 1. The van der Waals surface area contributed by atoms with Crippen molar-refractivity contribution in [3.8, 4) is 0 Å². The summed E-state index contributed by atoms with van der Waals surface area (Å²) in [6.07, 6.45) is 2.23. The molecule has 2 N–H and O–H groups in total. The fourth-order valence-electron chi connectivity index (χ4n) is 4.77. The molecule has 2 saturated carbocycles. The second-order valence-corrected chi connectivity index (χ2v) is 7.39. The topological polar surface area (TPSA) is 52.6 Å². The van der Waals surface area contributed by atoms with Crippen molar-refractivity contribution in [2.75, 3.05) is 26.2 Å². The van der Waals surface area contributed by atoms with E-state index in [2.05, 4.69) is 26.1 Å². The van der Waals surface area contributed by atoms with Gasteiger partial charge in [0.15, 0.2) is 0 Å². The number of nitrogens with one attached hydrogen (secondary N) is 1. The van der Waals surface area contributed by atoms with Gasteiger partial charge in [0.25, 0.3) is 0 Å². The van der Waals surface area contributed by atoms with Crippen LogP contribution < -0.4 is 5.32 Å². The van der Waals surface area contributed by atoms with Gasteiger partial charge in [0.1, 0.15) is 0 Å². The first-order valence-electron chi connectivity index (χ1n) is 7.53. The molecule has 4 nitrogen and oxygen atoms in total. The smallest absolute Gasteiger partial charge is 0.229 e. The highest BCUT2D eigenvalue weighted by molar-refractivity contribution is 5.85. The van der Waals surface area contributed by atoms with Crippen LogP contribution in [0, 0.1) is 16.2 Å².